The molecule has 6 nitrogen and oxygen atoms in total. The third kappa shape index (κ3) is 3.13. The van der Waals surface area contributed by atoms with E-state index < -0.39 is 0 Å². The van der Waals surface area contributed by atoms with Gasteiger partial charge in [-0.2, -0.15) is 0 Å². The molecule has 1 aliphatic heterocycles. The molecule has 23 heavy (non-hydrogen) atoms. The molecule has 0 unspecified atom stereocenters. The van der Waals surface area contributed by atoms with E-state index in [0.717, 1.165) is 46.5 Å². The summed E-state index contributed by atoms with van der Waals surface area (Å²) in [4.78, 5) is 19.6. The second-order valence-corrected chi connectivity index (χ2v) is 7.01. The Labute approximate surface area is 139 Å². The molecule has 126 valence electrons. The van der Waals surface area contributed by atoms with E-state index in [9.17, 15) is 4.79 Å². The highest BCUT2D eigenvalue weighted by atomic mass is 32.1. The number of nitrogens with zero attached hydrogens (tertiary/aromatic N) is 2. The number of anilines is 1. The second kappa shape index (κ2) is 6.98. The van der Waals surface area contributed by atoms with E-state index in [2.05, 4.69) is 17.2 Å². The maximum atomic E-state index is 13.1. The average Bonchev–Trinajstić information content (AvgIpc) is 3.15. The highest BCUT2D eigenvalue weighted by molar-refractivity contribution is 7.18. The Hall–Kier alpha value is -1.44. The number of hydrogen-bond acceptors (Lipinski definition) is 6. The standard InChI is InChI=1S/C16H23N3O3S/c1-3-12-10(2)23-14-13(12)15(21)19(9-11-5-4-8-22-11)16(18-14)17-6-7-20/h11,20H,3-9H2,1-2H3,(H,17,18)/t11-/m0/s1. The van der Waals surface area contributed by atoms with Crippen LogP contribution in [0.3, 0.4) is 0 Å². The fourth-order valence-electron chi connectivity index (χ4n) is 3.14. The summed E-state index contributed by atoms with van der Waals surface area (Å²) >= 11 is 1.56. The van der Waals surface area contributed by atoms with Crippen LogP contribution in [0.4, 0.5) is 5.95 Å². The lowest BCUT2D eigenvalue weighted by Crippen LogP contribution is -2.30. The minimum absolute atomic E-state index is 0.00247. The topological polar surface area (TPSA) is 76.4 Å². The Morgan fingerprint density at radius 3 is 3.00 bits per heavy atom. The first kappa shape index (κ1) is 16.4. The molecule has 3 rings (SSSR count). The summed E-state index contributed by atoms with van der Waals surface area (Å²) < 4.78 is 7.36. The van der Waals surface area contributed by atoms with Crippen molar-refractivity contribution < 1.29 is 9.84 Å². The van der Waals surface area contributed by atoms with Gasteiger partial charge in [0.1, 0.15) is 4.83 Å². The van der Waals surface area contributed by atoms with Gasteiger partial charge in [0, 0.05) is 18.0 Å². The second-order valence-electron chi connectivity index (χ2n) is 5.81. The number of fused-ring (bicyclic) bond motifs is 1. The molecular weight excluding hydrogens is 314 g/mol. The molecule has 1 atom stereocenters. The largest absolute Gasteiger partial charge is 0.395 e. The number of aromatic nitrogens is 2. The van der Waals surface area contributed by atoms with E-state index in [1.807, 2.05) is 6.92 Å². The summed E-state index contributed by atoms with van der Waals surface area (Å²) in [5, 5.41) is 12.9. The van der Waals surface area contributed by atoms with Gasteiger partial charge in [-0.05, 0) is 31.7 Å². The molecule has 2 N–H and O–H groups in total. The van der Waals surface area contributed by atoms with Gasteiger partial charge in [0.05, 0.1) is 24.6 Å². The predicted octanol–water partition coefficient (Wildman–Crippen LogP) is 1.91. The van der Waals surface area contributed by atoms with Gasteiger partial charge in [-0.25, -0.2) is 4.98 Å². The van der Waals surface area contributed by atoms with Crippen molar-refractivity contribution in [2.75, 3.05) is 25.1 Å². The number of thiophene rings is 1. The zero-order valence-electron chi connectivity index (χ0n) is 13.6. The van der Waals surface area contributed by atoms with Gasteiger partial charge in [-0.1, -0.05) is 6.92 Å². The molecule has 0 bridgehead atoms. The average molecular weight is 337 g/mol. The number of nitrogens with one attached hydrogen (secondary N) is 1. The molecule has 1 saturated heterocycles. The Kier molecular flexibility index (Phi) is 4.99. The molecule has 0 radical (unpaired) electrons. The SMILES string of the molecule is CCc1c(C)sc2nc(NCCO)n(C[C@@H]3CCCO3)c(=O)c12. The van der Waals surface area contributed by atoms with E-state index in [0.29, 0.717) is 19.0 Å². The first-order chi connectivity index (χ1) is 11.2. The molecular formula is C16H23N3O3S. The van der Waals surface area contributed by atoms with Crippen LogP contribution in [0.2, 0.25) is 0 Å². The van der Waals surface area contributed by atoms with Gasteiger partial charge < -0.3 is 15.2 Å². The minimum atomic E-state index is -0.00728. The summed E-state index contributed by atoms with van der Waals surface area (Å²) in [6.45, 7) is 5.73. The van der Waals surface area contributed by atoms with Crippen molar-refractivity contribution in [1.29, 1.82) is 0 Å². The Bertz CT molecular complexity index is 747. The normalized spacial score (nSPS) is 18.0. The van der Waals surface area contributed by atoms with E-state index in [1.54, 1.807) is 15.9 Å². The van der Waals surface area contributed by atoms with Gasteiger partial charge in [-0.3, -0.25) is 9.36 Å². The number of ether oxygens (including phenoxy) is 1. The van der Waals surface area contributed by atoms with Crippen LogP contribution in [0.5, 0.6) is 0 Å². The highest BCUT2D eigenvalue weighted by Gasteiger charge is 2.22. The van der Waals surface area contributed by atoms with Crippen molar-refractivity contribution in [3.63, 3.8) is 0 Å². The van der Waals surface area contributed by atoms with E-state index in [4.69, 9.17) is 9.84 Å². The van der Waals surface area contributed by atoms with Crippen LogP contribution in [0.25, 0.3) is 10.2 Å². The summed E-state index contributed by atoms with van der Waals surface area (Å²) in [5.41, 5.74) is 1.09. The number of hydrogen-bond donors (Lipinski definition) is 2. The lowest BCUT2D eigenvalue weighted by Gasteiger charge is -2.16. The van der Waals surface area contributed by atoms with Crippen molar-refractivity contribution in [2.24, 2.45) is 0 Å². The maximum absolute atomic E-state index is 13.1. The van der Waals surface area contributed by atoms with E-state index in [-0.39, 0.29) is 18.3 Å². The van der Waals surface area contributed by atoms with Crippen molar-refractivity contribution >= 4 is 27.5 Å². The number of aryl methyl sites for hydroxylation is 2. The van der Waals surface area contributed by atoms with Crippen LogP contribution < -0.4 is 10.9 Å². The number of aliphatic hydroxyl groups excluding tert-OH is 1. The molecule has 2 aromatic rings. The molecule has 0 amide bonds. The van der Waals surface area contributed by atoms with Crippen molar-refractivity contribution in [2.45, 2.75) is 45.8 Å². The summed E-state index contributed by atoms with van der Waals surface area (Å²) in [6, 6.07) is 0. The fraction of sp³-hybridized carbons (Fsp3) is 0.625. The first-order valence-electron chi connectivity index (χ1n) is 8.14. The lowest BCUT2D eigenvalue weighted by molar-refractivity contribution is 0.0965. The molecule has 7 heteroatoms. The quantitative estimate of drug-likeness (QED) is 0.842. The summed E-state index contributed by atoms with van der Waals surface area (Å²) in [6.07, 6.45) is 2.89. The summed E-state index contributed by atoms with van der Waals surface area (Å²) in [7, 11) is 0. The minimum Gasteiger partial charge on any atom is -0.395 e. The van der Waals surface area contributed by atoms with Crippen molar-refractivity contribution in [3.05, 3.63) is 20.8 Å². The first-order valence-corrected chi connectivity index (χ1v) is 8.96. The predicted molar refractivity (Wildman–Crippen MR) is 92.5 cm³/mol. The van der Waals surface area contributed by atoms with Crippen LogP contribution in [-0.2, 0) is 17.7 Å². The van der Waals surface area contributed by atoms with Gasteiger partial charge >= 0.3 is 0 Å². The lowest BCUT2D eigenvalue weighted by atomic mass is 10.1. The highest BCUT2D eigenvalue weighted by Crippen LogP contribution is 2.28. The van der Waals surface area contributed by atoms with Crippen LogP contribution >= 0.6 is 11.3 Å². The van der Waals surface area contributed by atoms with Gasteiger partial charge in [0.2, 0.25) is 5.95 Å². The third-order valence-electron chi connectivity index (χ3n) is 4.27. The van der Waals surface area contributed by atoms with E-state index >= 15 is 0 Å². The smallest absolute Gasteiger partial charge is 0.264 e. The molecule has 3 heterocycles. The number of aliphatic hydroxyl groups is 1. The van der Waals surface area contributed by atoms with Gasteiger partial charge in [0.25, 0.3) is 5.56 Å². The molecule has 0 spiro atoms. The van der Waals surface area contributed by atoms with Crippen molar-refractivity contribution in [3.8, 4) is 0 Å². The third-order valence-corrected chi connectivity index (χ3v) is 5.31. The van der Waals surface area contributed by atoms with Crippen LogP contribution in [0.15, 0.2) is 4.79 Å². The molecule has 0 aliphatic carbocycles. The molecule has 1 fully saturated rings. The zero-order valence-corrected chi connectivity index (χ0v) is 14.4. The van der Waals surface area contributed by atoms with Crippen molar-refractivity contribution in [1.82, 2.24) is 9.55 Å². The Morgan fingerprint density at radius 1 is 1.52 bits per heavy atom. The molecule has 0 aromatic carbocycles. The Morgan fingerprint density at radius 2 is 2.35 bits per heavy atom. The van der Waals surface area contributed by atoms with Gasteiger partial charge in [0.15, 0.2) is 0 Å². The Balaban J connectivity index is 2.11. The fourth-order valence-corrected chi connectivity index (χ4v) is 4.24. The van der Waals surface area contributed by atoms with E-state index in [1.165, 1.54) is 0 Å². The number of rotatable bonds is 6. The zero-order chi connectivity index (χ0) is 16.4. The van der Waals surface area contributed by atoms with Crippen LogP contribution in [-0.4, -0.2) is 40.5 Å². The molecule has 0 saturated carbocycles. The maximum Gasteiger partial charge on any atom is 0.264 e. The van der Waals surface area contributed by atoms with Crippen LogP contribution in [0.1, 0.15) is 30.2 Å². The van der Waals surface area contributed by atoms with Crippen LogP contribution in [0, 0.1) is 6.92 Å². The summed E-state index contributed by atoms with van der Waals surface area (Å²) in [5.74, 6) is 0.524. The van der Waals surface area contributed by atoms with Gasteiger partial charge in [-0.15, -0.1) is 11.3 Å². The molecule has 2 aromatic heterocycles. The molecule has 1 aliphatic rings. The monoisotopic (exact) mass is 337 g/mol.